The van der Waals surface area contributed by atoms with Crippen molar-refractivity contribution in [1.29, 1.82) is 0 Å². The molecule has 0 nitrogen and oxygen atoms in total. The van der Waals surface area contributed by atoms with Crippen molar-refractivity contribution in [3.8, 4) is 0 Å². The van der Waals surface area contributed by atoms with E-state index in [1.165, 1.54) is 19.3 Å². The second-order valence-electron chi connectivity index (χ2n) is 5.24. The lowest BCUT2D eigenvalue weighted by Gasteiger charge is -2.30. The highest BCUT2D eigenvalue weighted by molar-refractivity contribution is 6.77. The molecule has 0 saturated heterocycles. The zero-order valence-corrected chi connectivity index (χ0v) is 8.85. The molecule has 2 unspecified atom stereocenters. The van der Waals surface area contributed by atoms with Crippen molar-refractivity contribution in [1.82, 2.24) is 0 Å². The van der Waals surface area contributed by atoms with E-state index >= 15 is 0 Å². The van der Waals surface area contributed by atoms with Crippen LogP contribution in [0.2, 0.25) is 25.2 Å². The van der Waals surface area contributed by atoms with Gasteiger partial charge in [0.15, 0.2) is 0 Å². The van der Waals surface area contributed by atoms with Crippen molar-refractivity contribution in [3.63, 3.8) is 0 Å². The van der Waals surface area contributed by atoms with Gasteiger partial charge in [-0.25, -0.2) is 0 Å². The number of fused-ring (bicyclic) bond motifs is 2. The average Bonchev–Trinajstić information content (AvgIpc) is 2.42. The summed E-state index contributed by atoms with van der Waals surface area (Å²) in [4.78, 5) is 0. The van der Waals surface area contributed by atoms with Crippen molar-refractivity contribution >= 4 is 8.07 Å². The SMILES string of the molecule is C[Si](C)(C)C1CC2=CCC1C2. The van der Waals surface area contributed by atoms with Gasteiger partial charge in [-0.2, -0.15) is 0 Å². The van der Waals surface area contributed by atoms with E-state index in [9.17, 15) is 0 Å². The van der Waals surface area contributed by atoms with Crippen LogP contribution in [-0.2, 0) is 0 Å². The molecule has 0 spiro atoms. The standard InChI is InChI=1S/C10H18Si/c1-11(2,3)10-7-8-4-5-9(10)6-8/h4,9-10H,5-7H2,1-3H3. The monoisotopic (exact) mass is 166 g/mol. The Hall–Kier alpha value is -0.0431. The van der Waals surface area contributed by atoms with Gasteiger partial charge in [-0.15, -0.1) is 0 Å². The minimum Gasteiger partial charge on any atom is -0.0850 e. The molecule has 2 rings (SSSR count). The summed E-state index contributed by atoms with van der Waals surface area (Å²) in [6.07, 6.45) is 6.81. The van der Waals surface area contributed by atoms with Crippen LogP contribution in [0.3, 0.4) is 0 Å². The number of hydrogen-bond donors (Lipinski definition) is 0. The van der Waals surface area contributed by atoms with Crippen molar-refractivity contribution < 1.29 is 0 Å². The van der Waals surface area contributed by atoms with Gasteiger partial charge in [0.05, 0.1) is 0 Å². The van der Waals surface area contributed by atoms with Gasteiger partial charge in [0.25, 0.3) is 0 Å². The smallest absolute Gasteiger partial charge is 0.0479 e. The fourth-order valence-electron chi connectivity index (χ4n) is 2.76. The maximum absolute atomic E-state index is 2.53. The van der Waals surface area contributed by atoms with E-state index in [4.69, 9.17) is 0 Å². The molecule has 0 aliphatic heterocycles. The van der Waals surface area contributed by atoms with Gasteiger partial charge in [0, 0.05) is 8.07 Å². The molecule has 0 N–H and O–H groups in total. The maximum Gasteiger partial charge on any atom is 0.0479 e. The van der Waals surface area contributed by atoms with Crippen LogP contribution in [0.15, 0.2) is 11.6 Å². The zero-order chi connectivity index (χ0) is 8.06. The van der Waals surface area contributed by atoms with Gasteiger partial charge in [-0.1, -0.05) is 31.3 Å². The fourth-order valence-corrected chi connectivity index (χ4v) is 5.30. The molecule has 1 heteroatoms. The van der Waals surface area contributed by atoms with Crippen LogP contribution in [0.5, 0.6) is 0 Å². The second-order valence-corrected chi connectivity index (χ2v) is 10.7. The molecule has 1 fully saturated rings. The quantitative estimate of drug-likeness (QED) is 0.413. The Bertz CT molecular complexity index is 197. The van der Waals surface area contributed by atoms with Crippen LogP contribution >= 0.6 is 0 Å². The topological polar surface area (TPSA) is 0 Å². The highest BCUT2D eigenvalue weighted by Gasteiger charge is 2.41. The second kappa shape index (κ2) is 2.22. The van der Waals surface area contributed by atoms with Crippen LogP contribution in [0, 0.1) is 5.92 Å². The number of allylic oxidation sites excluding steroid dienone is 2. The van der Waals surface area contributed by atoms with E-state index in [0.717, 1.165) is 11.5 Å². The van der Waals surface area contributed by atoms with Gasteiger partial charge < -0.3 is 0 Å². The lowest BCUT2D eigenvalue weighted by atomic mass is 10.1. The third-order valence-electron chi connectivity index (χ3n) is 3.40. The molecule has 2 aliphatic rings. The van der Waals surface area contributed by atoms with E-state index in [2.05, 4.69) is 25.7 Å². The highest BCUT2D eigenvalue weighted by Crippen LogP contribution is 2.52. The molecular formula is C10H18Si. The van der Waals surface area contributed by atoms with Crippen molar-refractivity contribution in [2.75, 3.05) is 0 Å². The van der Waals surface area contributed by atoms with E-state index in [0.29, 0.717) is 0 Å². The third-order valence-corrected chi connectivity index (χ3v) is 6.30. The van der Waals surface area contributed by atoms with Gasteiger partial charge in [-0.05, 0) is 30.7 Å². The number of rotatable bonds is 1. The van der Waals surface area contributed by atoms with Crippen LogP contribution in [-0.4, -0.2) is 8.07 Å². The Balaban J connectivity index is 2.15. The Morgan fingerprint density at radius 1 is 1.27 bits per heavy atom. The summed E-state index contributed by atoms with van der Waals surface area (Å²) in [7, 11) is -0.819. The Kier molecular flexibility index (Phi) is 1.54. The first-order valence-electron chi connectivity index (χ1n) is 4.75. The predicted molar refractivity (Wildman–Crippen MR) is 52.5 cm³/mol. The van der Waals surface area contributed by atoms with Crippen LogP contribution in [0.1, 0.15) is 19.3 Å². The summed E-state index contributed by atoms with van der Waals surface area (Å²) in [5.41, 5.74) is 2.89. The minimum atomic E-state index is -0.819. The van der Waals surface area contributed by atoms with Crippen LogP contribution in [0.4, 0.5) is 0 Å². The van der Waals surface area contributed by atoms with E-state index < -0.39 is 8.07 Å². The third kappa shape index (κ3) is 1.20. The molecule has 0 aromatic heterocycles. The van der Waals surface area contributed by atoms with Crippen molar-refractivity contribution in [2.45, 2.75) is 44.4 Å². The van der Waals surface area contributed by atoms with Crippen molar-refractivity contribution in [3.05, 3.63) is 11.6 Å². The zero-order valence-electron chi connectivity index (χ0n) is 7.85. The van der Waals surface area contributed by atoms with Crippen LogP contribution in [0.25, 0.3) is 0 Å². The van der Waals surface area contributed by atoms with Gasteiger partial charge in [0.1, 0.15) is 0 Å². The molecular weight excluding hydrogens is 148 g/mol. The summed E-state index contributed by atoms with van der Waals surface area (Å²) >= 11 is 0. The minimum absolute atomic E-state index is 0.819. The molecule has 62 valence electrons. The first kappa shape index (κ1) is 7.60. The Labute approximate surface area is 70.7 Å². The van der Waals surface area contributed by atoms with Gasteiger partial charge in [-0.3, -0.25) is 0 Å². The first-order chi connectivity index (χ1) is 5.07. The maximum atomic E-state index is 2.53. The summed E-state index contributed by atoms with van der Waals surface area (Å²) in [6, 6.07) is 0. The molecule has 1 saturated carbocycles. The molecule has 0 aromatic carbocycles. The van der Waals surface area contributed by atoms with Crippen LogP contribution < -0.4 is 0 Å². The summed E-state index contributed by atoms with van der Waals surface area (Å²) in [6.45, 7) is 7.58. The molecule has 2 atom stereocenters. The summed E-state index contributed by atoms with van der Waals surface area (Å²) in [5, 5.41) is 0. The summed E-state index contributed by atoms with van der Waals surface area (Å²) in [5.74, 6) is 1.07. The largest absolute Gasteiger partial charge is 0.0850 e. The van der Waals surface area contributed by atoms with E-state index in [-0.39, 0.29) is 0 Å². The molecule has 11 heavy (non-hydrogen) atoms. The normalized spacial score (nSPS) is 36.1. The lowest BCUT2D eigenvalue weighted by Crippen LogP contribution is -2.30. The fraction of sp³-hybridized carbons (Fsp3) is 0.800. The average molecular weight is 166 g/mol. The summed E-state index contributed by atoms with van der Waals surface area (Å²) < 4.78 is 0. The van der Waals surface area contributed by atoms with Gasteiger partial charge >= 0.3 is 0 Å². The van der Waals surface area contributed by atoms with E-state index in [1.54, 1.807) is 5.57 Å². The molecule has 0 amide bonds. The first-order valence-corrected chi connectivity index (χ1v) is 8.33. The molecule has 2 bridgehead atoms. The molecule has 2 aliphatic carbocycles. The molecule has 0 radical (unpaired) electrons. The Morgan fingerprint density at radius 3 is 2.27 bits per heavy atom. The van der Waals surface area contributed by atoms with E-state index in [1.807, 2.05) is 0 Å². The highest BCUT2D eigenvalue weighted by atomic mass is 28.3. The lowest BCUT2D eigenvalue weighted by molar-refractivity contribution is 0.560. The molecule has 0 aromatic rings. The predicted octanol–water partition coefficient (Wildman–Crippen LogP) is 3.43. The van der Waals surface area contributed by atoms with Gasteiger partial charge in [0.2, 0.25) is 0 Å². The number of hydrogen-bond acceptors (Lipinski definition) is 0. The van der Waals surface area contributed by atoms with Crippen molar-refractivity contribution in [2.24, 2.45) is 5.92 Å². The molecule has 0 heterocycles. The Morgan fingerprint density at radius 2 is 2.00 bits per heavy atom.